The van der Waals surface area contributed by atoms with E-state index in [1.165, 1.54) is 0 Å². The minimum Gasteiger partial charge on any atom is -0.353 e. The van der Waals surface area contributed by atoms with Crippen LogP contribution in [-0.2, 0) is 0 Å². The van der Waals surface area contributed by atoms with E-state index >= 15 is 0 Å². The lowest BCUT2D eigenvalue weighted by Gasteiger charge is -2.36. The van der Waals surface area contributed by atoms with Crippen LogP contribution in [0, 0.1) is 6.92 Å². The summed E-state index contributed by atoms with van der Waals surface area (Å²) in [6.45, 7) is 6.29. The molecule has 1 N–H and O–H groups in total. The van der Waals surface area contributed by atoms with Gasteiger partial charge in [0.1, 0.15) is 0 Å². The number of aromatic nitrogens is 1. The number of benzene rings is 1. The van der Waals surface area contributed by atoms with Crippen LogP contribution >= 0.6 is 11.6 Å². The quantitative estimate of drug-likeness (QED) is 0.907. The molecule has 0 saturated carbocycles. The third-order valence-corrected chi connectivity index (χ3v) is 4.25. The molecule has 2 amide bonds. The fourth-order valence-electron chi connectivity index (χ4n) is 2.72. The fraction of sp³-hybridized carbons (Fsp3) is 0.294. The maximum Gasteiger partial charge on any atom is 0.326 e. The number of pyridine rings is 1. The zero-order valence-corrected chi connectivity index (χ0v) is 14.0. The number of hydrogen-bond donors (Lipinski definition) is 1. The van der Waals surface area contributed by atoms with E-state index in [9.17, 15) is 4.79 Å². The molecule has 3 rings (SSSR count). The first-order valence-corrected chi connectivity index (χ1v) is 8.02. The Balaban J connectivity index is 1.87. The summed E-state index contributed by atoms with van der Waals surface area (Å²) in [6.07, 6.45) is 1.75. The summed E-state index contributed by atoms with van der Waals surface area (Å²) in [5.41, 5.74) is 2.53. The minimum absolute atomic E-state index is 0.166. The predicted molar refractivity (Wildman–Crippen MR) is 94.7 cm³/mol. The molecule has 0 unspecified atom stereocenters. The third kappa shape index (κ3) is 3.10. The number of rotatable bonds is 2. The summed E-state index contributed by atoms with van der Waals surface area (Å²) in [7, 11) is 0. The zero-order chi connectivity index (χ0) is 16.4. The molecule has 0 fully saturated rings. The van der Waals surface area contributed by atoms with Crippen LogP contribution in [0.1, 0.15) is 12.5 Å². The van der Waals surface area contributed by atoms with Crippen molar-refractivity contribution in [3.8, 4) is 0 Å². The van der Waals surface area contributed by atoms with E-state index in [0.29, 0.717) is 11.6 Å². The van der Waals surface area contributed by atoms with Gasteiger partial charge in [0.2, 0.25) is 0 Å². The molecule has 23 heavy (non-hydrogen) atoms. The van der Waals surface area contributed by atoms with Gasteiger partial charge >= 0.3 is 6.03 Å². The summed E-state index contributed by atoms with van der Waals surface area (Å²) in [5.74, 6) is 0.846. The van der Waals surface area contributed by atoms with Crippen molar-refractivity contribution in [2.75, 3.05) is 34.8 Å². The van der Waals surface area contributed by atoms with E-state index in [0.717, 1.165) is 35.8 Å². The average Bonchev–Trinajstić information content (AvgIpc) is 2.57. The van der Waals surface area contributed by atoms with Gasteiger partial charge in [0.15, 0.2) is 5.82 Å². The van der Waals surface area contributed by atoms with Crippen molar-refractivity contribution in [3.05, 3.63) is 47.1 Å². The van der Waals surface area contributed by atoms with E-state index in [2.05, 4.69) is 22.1 Å². The normalized spacial score (nSPS) is 13.7. The maximum atomic E-state index is 12.7. The molecule has 1 aliphatic heterocycles. The lowest BCUT2D eigenvalue weighted by molar-refractivity contribution is 0.256. The Morgan fingerprint density at radius 1 is 1.35 bits per heavy atom. The van der Waals surface area contributed by atoms with Crippen molar-refractivity contribution < 1.29 is 4.79 Å². The Morgan fingerprint density at radius 3 is 2.96 bits per heavy atom. The van der Waals surface area contributed by atoms with Crippen molar-refractivity contribution in [1.82, 2.24) is 4.98 Å². The second-order valence-electron chi connectivity index (χ2n) is 5.47. The van der Waals surface area contributed by atoms with Gasteiger partial charge in [-0.15, -0.1) is 0 Å². The molecule has 2 aromatic rings. The summed E-state index contributed by atoms with van der Waals surface area (Å²) in [4.78, 5) is 21.0. The first-order valence-electron chi connectivity index (χ1n) is 7.64. The van der Waals surface area contributed by atoms with Crippen molar-refractivity contribution in [2.45, 2.75) is 13.8 Å². The van der Waals surface area contributed by atoms with E-state index in [1.54, 1.807) is 17.2 Å². The average molecular weight is 331 g/mol. The van der Waals surface area contributed by atoms with Crippen LogP contribution < -0.4 is 15.1 Å². The highest BCUT2D eigenvalue weighted by molar-refractivity contribution is 6.31. The van der Waals surface area contributed by atoms with Crippen LogP contribution in [0.5, 0.6) is 0 Å². The van der Waals surface area contributed by atoms with Gasteiger partial charge < -0.3 is 10.2 Å². The number of fused-ring (bicyclic) bond motifs is 1. The van der Waals surface area contributed by atoms with E-state index in [1.807, 2.05) is 31.2 Å². The molecule has 1 aliphatic rings. The van der Waals surface area contributed by atoms with Crippen LogP contribution in [0.2, 0.25) is 5.02 Å². The fourth-order valence-corrected chi connectivity index (χ4v) is 2.89. The van der Waals surface area contributed by atoms with Gasteiger partial charge in [-0.1, -0.05) is 17.7 Å². The Kier molecular flexibility index (Phi) is 4.39. The van der Waals surface area contributed by atoms with E-state index in [-0.39, 0.29) is 6.03 Å². The molecule has 2 heterocycles. The highest BCUT2D eigenvalue weighted by Gasteiger charge is 2.27. The second-order valence-corrected chi connectivity index (χ2v) is 5.90. The number of nitrogens with zero attached hydrogens (tertiary/aromatic N) is 3. The van der Waals surface area contributed by atoms with Crippen LogP contribution in [0.3, 0.4) is 0 Å². The molecule has 0 atom stereocenters. The molecule has 1 aromatic heterocycles. The largest absolute Gasteiger partial charge is 0.353 e. The van der Waals surface area contributed by atoms with Gasteiger partial charge in [-0.25, -0.2) is 9.78 Å². The van der Waals surface area contributed by atoms with E-state index < -0.39 is 0 Å². The van der Waals surface area contributed by atoms with Gasteiger partial charge in [0.25, 0.3) is 0 Å². The Hall–Kier alpha value is -2.27. The second kappa shape index (κ2) is 6.46. The van der Waals surface area contributed by atoms with Crippen LogP contribution in [0.4, 0.5) is 22.0 Å². The lowest BCUT2D eigenvalue weighted by Crippen LogP contribution is -2.46. The van der Waals surface area contributed by atoms with Gasteiger partial charge in [-0.05, 0) is 43.7 Å². The summed E-state index contributed by atoms with van der Waals surface area (Å²) in [5, 5.41) is 3.55. The first kappa shape index (κ1) is 15.6. The predicted octanol–water partition coefficient (Wildman–Crippen LogP) is 3.92. The van der Waals surface area contributed by atoms with Crippen molar-refractivity contribution in [1.29, 1.82) is 0 Å². The molecule has 1 aromatic carbocycles. The van der Waals surface area contributed by atoms with E-state index in [4.69, 9.17) is 11.6 Å². The maximum absolute atomic E-state index is 12.7. The molecule has 0 aliphatic carbocycles. The Labute approximate surface area is 140 Å². The first-order chi connectivity index (χ1) is 11.1. The summed E-state index contributed by atoms with van der Waals surface area (Å²) >= 11 is 6.02. The number of halogens is 1. The molecule has 0 bridgehead atoms. The molecular formula is C17H19ClN4O. The SMILES string of the molecule is CCN1CCN(C(=O)Nc2cc(Cl)ccc2C)c2cccnc21. The number of aryl methyl sites for hydroxylation is 1. The Morgan fingerprint density at radius 2 is 2.17 bits per heavy atom. The van der Waals surface area contributed by atoms with Crippen LogP contribution in [-0.4, -0.2) is 30.6 Å². The van der Waals surface area contributed by atoms with Crippen LogP contribution in [0.25, 0.3) is 0 Å². The van der Waals surface area contributed by atoms with Crippen molar-refractivity contribution in [3.63, 3.8) is 0 Å². The minimum atomic E-state index is -0.166. The highest BCUT2D eigenvalue weighted by Crippen LogP contribution is 2.31. The smallest absolute Gasteiger partial charge is 0.326 e. The van der Waals surface area contributed by atoms with Crippen LogP contribution in [0.15, 0.2) is 36.5 Å². The lowest BCUT2D eigenvalue weighted by atomic mass is 10.2. The number of amides is 2. The number of urea groups is 1. The summed E-state index contributed by atoms with van der Waals surface area (Å²) < 4.78 is 0. The number of carbonyl (C=O) groups excluding carboxylic acids is 1. The number of nitrogens with one attached hydrogen (secondary N) is 1. The number of likely N-dealkylation sites (N-methyl/N-ethyl adjacent to an activating group) is 1. The molecule has 0 saturated heterocycles. The number of hydrogen-bond acceptors (Lipinski definition) is 3. The Bertz CT molecular complexity index is 734. The molecule has 0 spiro atoms. The highest BCUT2D eigenvalue weighted by atomic mass is 35.5. The standard InChI is InChI=1S/C17H19ClN4O/c1-3-21-9-10-22(15-5-4-8-19-16(15)21)17(23)20-14-11-13(18)7-6-12(14)2/h4-8,11H,3,9-10H2,1-2H3,(H,20,23). The molecule has 120 valence electrons. The topological polar surface area (TPSA) is 48.5 Å². The molecule has 6 heteroatoms. The van der Waals surface area contributed by atoms with Crippen molar-refractivity contribution in [2.24, 2.45) is 0 Å². The number of anilines is 3. The number of carbonyl (C=O) groups is 1. The van der Waals surface area contributed by atoms with Gasteiger partial charge in [0.05, 0.1) is 5.69 Å². The summed E-state index contributed by atoms with van der Waals surface area (Å²) in [6, 6.07) is 9.08. The zero-order valence-electron chi connectivity index (χ0n) is 13.2. The van der Waals surface area contributed by atoms with Crippen molar-refractivity contribution >= 4 is 34.8 Å². The third-order valence-electron chi connectivity index (χ3n) is 4.02. The monoisotopic (exact) mass is 330 g/mol. The van der Waals surface area contributed by atoms with Gasteiger partial charge in [-0.2, -0.15) is 0 Å². The van der Waals surface area contributed by atoms with Gasteiger partial charge in [0, 0.05) is 36.5 Å². The molecule has 0 radical (unpaired) electrons. The molecule has 5 nitrogen and oxygen atoms in total. The van der Waals surface area contributed by atoms with Gasteiger partial charge in [-0.3, -0.25) is 4.90 Å². The molecular weight excluding hydrogens is 312 g/mol.